The lowest BCUT2D eigenvalue weighted by atomic mass is 10.4. The Morgan fingerprint density at radius 3 is 2.50 bits per heavy atom. The van der Waals surface area contributed by atoms with Crippen molar-refractivity contribution in [1.82, 2.24) is 10.2 Å². The molecule has 0 saturated heterocycles. The molecule has 2 heteroatoms. The molecule has 0 heterocycles. The van der Waals surface area contributed by atoms with Crippen LogP contribution in [0, 0.1) is 7.05 Å². The maximum Gasteiger partial charge on any atom is 0.0407 e. The molecule has 0 rings (SSSR count). The lowest BCUT2D eigenvalue weighted by Gasteiger charge is -2.07. The van der Waals surface area contributed by atoms with Crippen LogP contribution in [0.15, 0.2) is 0 Å². The van der Waals surface area contributed by atoms with E-state index < -0.39 is 0 Å². The Morgan fingerprint density at radius 2 is 2.12 bits per heavy atom. The Labute approximate surface area is 51.9 Å². The van der Waals surface area contributed by atoms with E-state index in [1.807, 2.05) is 0 Å². The highest BCUT2D eigenvalue weighted by atomic mass is 15.0. The summed E-state index contributed by atoms with van der Waals surface area (Å²) < 4.78 is 0. The van der Waals surface area contributed by atoms with Gasteiger partial charge in [0.25, 0.3) is 0 Å². The second kappa shape index (κ2) is 5.06. The van der Waals surface area contributed by atoms with Gasteiger partial charge in [0.2, 0.25) is 0 Å². The van der Waals surface area contributed by atoms with Crippen LogP contribution in [0.2, 0.25) is 0 Å². The number of nitrogens with zero attached hydrogens (tertiary/aromatic N) is 1. The van der Waals surface area contributed by atoms with Crippen LogP contribution in [-0.4, -0.2) is 32.1 Å². The number of hydrogen-bond acceptors (Lipinski definition) is 2. The minimum Gasteiger partial charge on any atom is -0.311 e. The molecule has 48 valence electrons. The molecule has 0 atom stereocenters. The Bertz CT molecular complexity index is 43.8. The Kier molecular flexibility index (Phi) is 5.01. The van der Waals surface area contributed by atoms with Crippen LogP contribution in [0.1, 0.15) is 6.42 Å². The van der Waals surface area contributed by atoms with Gasteiger partial charge in [-0.15, -0.1) is 0 Å². The molecule has 0 aliphatic rings. The summed E-state index contributed by atoms with van der Waals surface area (Å²) in [5.74, 6) is 0. The standard InChI is InChI=1S/C6H14N2/c1-7-5-4-6-8(2)3/h1,7H,4-6H2,2-3H3. The van der Waals surface area contributed by atoms with Crippen molar-refractivity contribution >= 4 is 0 Å². The molecule has 2 nitrogen and oxygen atoms in total. The zero-order valence-electron chi connectivity index (χ0n) is 5.65. The smallest absolute Gasteiger partial charge is 0.0407 e. The van der Waals surface area contributed by atoms with Gasteiger partial charge in [-0.05, 0) is 33.6 Å². The van der Waals surface area contributed by atoms with E-state index in [4.69, 9.17) is 7.05 Å². The first kappa shape index (κ1) is 7.92. The summed E-state index contributed by atoms with van der Waals surface area (Å²) in [5.41, 5.74) is 0. The van der Waals surface area contributed by atoms with Gasteiger partial charge >= 0.3 is 0 Å². The summed E-state index contributed by atoms with van der Waals surface area (Å²) in [7, 11) is 9.15. The van der Waals surface area contributed by atoms with Crippen molar-refractivity contribution in [2.24, 2.45) is 0 Å². The van der Waals surface area contributed by atoms with E-state index in [9.17, 15) is 0 Å². The molecule has 0 aromatic rings. The lowest BCUT2D eigenvalue weighted by Crippen LogP contribution is -2.17. The van der Waals surface area contributed by atoms with Crippen LogP contribution in [0.4, 0.5) is 0 Å². The fourth-order valence-electron chi connectivity index (χ4n) is 0.497. The molecular formula is C6H14N2. The van der Waals surface area contributed by atoms with Gasteiger partial charge in [-0.25, -0.2) is 0 Å². The minimum absolute atomic E-state index is 0.901. The van der Waals surface area contributed by atoms with Gasteiger partial charge in [-0.1, -0.05) is 0 Å². The molecule has 0 aliphatic heterocycles. The average Bonchev–Trinajstić information content (AvgIpc) is 1.66. The monoisotopic (exact) mass is 114 g/mol. The fourth-order valence-corrected chi connectivity index (χ4v) is 0.497. The summed E-state index contributed by atoms with van der Waals surface area (Å²) >= 11 is 0. The zero-order chi connectivity index (χ0) is 6.41. The molecular weight excluding hydrogens is 100 g/mol. The van der Waals surface area contributed by atoms with Gasteiger partial charge in [-0.3, -0.25) is 0 Å². The molecule has 0 spiro atoms. The molecule has 0 fully saturated rings. The molecule has 0 amide bonds. The van der Waals surface area contributed by atoms with Crippen LogP contribution >= 0.6 is 0 Å². The fraction of sp³-hybridized carbons (Fsp3) is 0.833. The summed E-state index contributed by atoms with van der Waals surface area (Å²) in [4.78, 5) is 2.14. The van der Waals surface area contributed by atoms with Crippen molar-refractivity contribution in [3.63, 3.8) is 0 Å². The van der Waals surface area contributed by atoms with Crippen molar-refractivity contribution < 1.29 is 0 Å². The second-order valence-corrected chi connectivity index (χ2v) is 2.11. The van der Waals surface area contributed by atoms with Gasteiger partial charge < -0.3 is 10.2 Å². The molecule has 1 N–H and O–H groups in total. The first-order chi connectivity index (χ1) is 3.77. The first-order valence-corrected chi connectivity index (χ1v) is 2.85. The molecule has 8 heavy (non-hydrogen) atoms. The van der Waals surface area contributed by atoms with Crippen LogP contribution in [0.5, 0.6) is 0 Å². The normalized spacial score (nSPS) is 10.5. The molecule has 0 aromatic carbocycles. The van der Waals surface area contributed by atoms with E-state index in [1.165, 1.54) is 0 Å². The van der Waals surface area contributed by atoms with E-state index in [1.54, 1.807) is 0 Å². The Balaban J connectivity index is 2.72. The van der Waals surface area contributed by atoms with E-state index in [-0.39, 0.29) is 0 Å². The van der Waals surface area contributed by atoms with E-state index in [0.29, 0.717) is 0 Å². The molecule has 0 saturated carbocycles. The third-order valence-corrected chi connectivity index (χ3v) is 0.926. The summed E-state index contributed by atoms with van der Waals surface area (Å²) in [6.45, 7) is 2.00. The molecule has 0 aromatic heterocycles. The van der Waals surface area contributed by atoms with Crippen molar-refractivity contribution in [1.29, 1.82) is 0 Å². The van der Waals surface area contributed by atoms with Gasteiger partial charge in [0.05, 0.1) is 0 Å². The highest BCUT2D eigenvalue weighted by Gasteiger charge is 1.86. The number of hydrogen-bond donors (Lipinski definition) is 1. The van der Waals surface area contributed by atoms with Crippen LogP contribution < -0.4 is 5.32 Å². The minimum atomic E-state index is 0.901. The summed E-state index contributed by atoms with van der Waals surface area (Å²) in [6.07, 6.45) is 1.11. The van der Waals surface area contributed by atoms with E-state index in [2.05, 4.69) is 24.3 Å². The van der Waals surface area contributed by atoms with Gasteiger partial charge in [-0.2, -0.15) is 0 Å². The average molecular weight is 114 g/mol. The third kappa shape index (κ3) is 5.92. The number of rotatable bonds is 4. The van der Waals surface area contributed by atoms with Crippen molar-refractivity contribution in [3.8, 4) is 0 Å². The summed E-state index contributed by atoms with van der Waals surface area (Å²) in [6, 6.07) is 0. The van der Waals surface area contributed by atoms with Gasteiger partial charge in [0.15, 0.2) is 0 Å². The third-order valence-electron chi connectivity index (χ3n) is 0.926. The number of nitrogens with one attached hydrogen (secondary N) is 1. The predicted molar refractivity (Wildman–Crippen MR) is 35.5 cm³/mol. The van der Waals surface area contributed by atoms with Gasteiger partial charge in [0.1, 0.15) is 0 Å². The van der Waals surface area contributed by atoms with Crippen LogP contribution in [-0.2, 0) is 0 Å². The van der Waals surface area contributed by atoms with Crippen molar-refractivity contribution in [2.75, 3.05) is 27.2 Å². The van der Waals surface area contributed by atoms with E-state index >= 15 is 0 Å². The van der Waals surface area contributed by atoms with Gasteiger partial charge in [0, 0.05) is 7.05 Å². The highest BCUT2D eigenvalue weighted by molar-refractivity contribution is 4.46. The van der Waals surface area contributed by atoms with Crippen molar-refractivity contribution in [3.05, 3.63) is 7.05 Å². The summed E-state index contributed by atoms with van der Waals surface area (Å²) in [5, 5.41) is 2.60. The second-order valence-electron chi connectivity index (χ2n) is 2.11. The Hall–Kier alpha value is -0.0800. The van der Waals surface area contributed by atoms with Crippen molar-refractivity contribution in [2.45, 2.75) is 6.42 Å². The molecule has 0 aliphatic carbocycles. The lowest BCUT2D eigenvalue weighted by molar-refractivity contribution is 0.399. The zero-order valence-corrected chi connectivity index (χ0v) is 5.65. The quantitative estimate of drug-likeness (QED) is 0.415. The highest BCUT2D eigenvalue weighted by Crippen LogP contribution is 1.78. The maximum absolute atomic E-state index is 5.05. The molecule has 2 radical (unpaired) electrons. The Morgan fingerprint density at radius 1 is 1.50 bits per heavy atom. The predicted octanol–water partition coefficient (Wildman–Crippen LogP) is 0.196. The maximum atomic E-state index is 5.05. The SMILES string of the molecule is [CH]NCCCN(C)C. The first-order valence-electron chi connectivity index (χ1n) is 2.85. The topological polar surface area (TPSA) is 15.3 Å². The largest absolute Gasteiger partial charge is 0.311 e. The molecule has 0 bridgehead atoms. The molecule has 0 unspecified atom stereocenters. The van der Waals surface area contributed by atoms with Crippen LogP contribution in [0.3, 0.4) is 0 Å². The van der Waals surface area contributed by atoms with Crippen LogP contribution in [0.25, 0.3) is 0 Å². The van der Waals surface area contributed by atoms with E-state index in [0.717, 1.165) is 19.5 Å².